The van der Waals surface area contributed by atoms with Crippen LogP contribution in [0.25, 0.3) is 11.0 Å². The maximum absolute atomic E-state index is 5.64. The molecule has 0 N–H and O–H groups in total. The Bertz CT molecular complexity index is 408. The minimum atomic E-state index is 0.418. The molecule has 0 bridgehead atoms. The highest BCUT2D eigenvalue weighted by Crippen LogP contribution is 2.27. The number of fused-ring (bicyclic) bond motifs is 1. The molecule has 62 valence electrons. The van der Waals surface area contributed by atoms with E-state index < -0.39 is 0 Å². The van der Waals surface area contributed by atoms with Gasteiger partial charge >= 0.3 is 0 Å². The summed E-state index contributed by atoms with van der Waals surface area (Å²) in [5.74, 6) is 1.22. The number of para-hydroxylation sites is 1. The lowest BCUT2D eigenvalue weighted by molar-refractivity contribution is 0.571. The zero-order chi connectivity index (χ0) is 8.55. The maximum atomic E-state index is 5.64. The van der Waals surface area contributed by atoms with E-state index >= 15 is 0 Å². The fourth-order valence-electron chi connectivity index (χ4n) is 1.15. The van der Waals surface area contributed by atoms with Crippen LogP contribution in [0.5, 0.6) is 0 Å². The Morgan fingerprint density at radius 2 is 2.25 bits per heavy atom. The lowest BCUT2D eigenvalue weighted by Crippen LogP contribution is -1.64. The molecule has 1 aromatic heterocycles. The van der Waals surface area contributed by atoms with Gasteiger partial charge in [0.1, 0.15) is 11.3 Å². The van der Waals surface area contributed by atoms with Crippen LogP contribution in [-0.2, 0) is 5.88 Å². The Labute approximate surface area is 83.4 Å². The molecule has 0 unspecified atom stereocenters. The van der Waals surface area contributed by atoms with Crippen LogP contribution >= 0.6 is 27.5 Å². The number of hydrogen-bond acceptors (Lipinski definition) is 1. The third-order valence-corrected chi connectivity index (χ3v) is 2.57. The molecule has 0 saturated carbocycles. The molecule has 2 rings (SSSR count). The molecular weight excluding hydrogens is 239 g/mol. The minimum Gasteiger partial charge on any atom is -0.459 e. The van der Waals surface area contributed by atoms with E-state index in [9.17, 15) is 0 Å². The van der Waals surface area contributed by atoms with E-state index in [4.69, 9.17) is 16.0 Å². The molecule has 0 amide bonds. The van der Waals surface area contributed by atoms with Gasteiger partial charge in [-0.15, -0.1) is 11.6 Å². The summed E-state index contributed by atoms with van der Waals surface area (Å²) in [4.78, 5) is 0. The second-order valence-electron chi connectivity index (χ2n) is 2.50. The largest absolute Gasteiger partial charge is 0.459 e. The number of alkyl halides is 1. The van der Waals surface area contributed by atoms with Gasteiger partial charge < -0.3 is 4.42 Å². The lowest BCUT2D eigenvalue weighted by Gasteiger charge is -1.89. The highest BCUT2D eigenvalue weighted by molar-refractivity contribution is 9.10. The SMILES string of the molecule is ClCc1cc2cccc(Br)c2o1. The van der Waals surface area contributed by atoms with Gasteiger partial charge in [0.15, 0.2) is 0 Å². The molecule has 1 aromatic carbocycles. The summed E-state index contributed by atoms with van der Waals surface area (Å²) >= 11 is 9.04. The molecule has 1 heterocycles. The van der Waals surface area contributed by atoms with E-state index in [1.165, 1.54) is 0 Å². The minimum absolute atomic E-state index is 0.418. The Morgan fingerprint density at radius 3 is 2.92 bits per heavy atom. The van der Waals surface area contributed by atoms with Crippen molar-refractivity contribution < 1.29 is 4.42 Å². The second kappa shape index (κ2) is 3.11. The van der Waals surface area contributed by atoms with Gasteiger partial charge in [0.25, 0.3) is 0 Å². The Hall–Kier alpha value is -0.470. The zero-order valence-corrected chi connectivity index (χ0v) is 8.52. The van der Waals surface area contributed by atoms with Crippen molar-refractivity contribution in [3.63, 3.8) is 0 Å². The van der Waals surface area contributed by atoms with Crippen molar-refractivity contribution in [1.29, 1.82) is 0 Å². The average molecular weight is 246 g/mol. The van der Waals surface area contributed by atoms with Crippen LogP contribution in [0, 0.1) is 0 Å². The molecule has 0 aliphatic carbocycles. The number of hydrogen-bond donors (Lipinski definition) is 0. The predicted octanol–water partition coefficient (Wildman–Crippen LogP) is 3.93. The molecule has 0 aliphatic heterocycles. The number of rotatable bonds is 1. The maximum Gasteiger partial charge on any atom is 0.148 e. The molecule has 0 spiro atoms. The van der Waals surface area contributed by atoms with Crippen molar-refractivity contribution in [2.24, 2.45) is 0 Å². The van der Waals surface area contributed by atoms with Crippen LogP contribution in [0.15, 0.2) is 33.2 Å². The van der Waals surface area contributed by atoms with Crippen LogP contribution in [0.2, 0.25) is 0 Å². The van der Waals surface area contributed by atoms with E-state index in [1.54, 1.807) is 0 Å². The van der Waals surface area contributed by atoms with E-state index in [-0.39, 0.29) is 0 Å². The van der Waals surface area contributed by atoms with Gasteiger partial charge in [-0.3, -0.25) is 0 Å². The average Bonchev–Trinajstić information content (AvgIpc) is 2.49. The summed E-state index contributed by atoms with van der Waals surface area (Å²) in [7, 11) is 0. The van der Waals surface area contributed by atoms with Crippen LogP contribution in [0.3, 0.4) is 0 Å². The third kappa shape index (κ3) is 1.25. The number of benzene rings is 1. The van der Waals surface area contributed by atoms with Gasteiger partial charge in [0.05, 0.1) is 10.4 Å². The van der Waals surface area contributed by atoms with Gasteiger partial charge in [0.2, 0.25) is 0 Å². The Balaban J connectivity index is 2.74. The topological polar surface area (TPSA) is 13.1 Å². The first-order valence-electron chi connectivity index (χ1n) is 3.54. The summed E-state index contributed by atoms with van der Waals surface area (Å²) in [5.41, 5.74) is 0.869. The molecule has 0 radical (unpaired) electrons. The summed E-state index contributed by atoms with van der Waals surface area (Å²) in [6.07, 6.45) is 0. The summed E-state index contributed by atoms with van der Waals surface area (Å²) < 4.78 is 6.44. The first-order valence-corrected chi connectivity index (χ1v) is 4.87. The third-order valence-electron chi connectivity index (χ3n) is 1.68. The van der Waals surface area contributed by atoms with Gasteiger partial charge in [-0.1, -0.05) is 12.1 Å². The zero-order valence-electron chi connectivity index (χ0n) is 6.18. The van der Waals surface area contributed by atoms with Crippen molar-refractivity contribution in [3.05, 3.63) is 34.5 Å². The molecule has 0 aliphatic rings. The Morgan fingerprint density at radius 1 is 1.42 bits per heavy atom. The summed E-state index contributed by atoms with van der Waals surface area (Å²) in [5, 5.41) is 1.08. The Kier molecular flexibility index (Phi) is 2.11. The standard InChI is InChI=1S/C9H6BrClO/c10-8-3-1-2-6-4-7(5-11)12-9(6)8/h1-4H,5H2. The molecule has 0 saturated heterocycles. The first-order chi connectivity index (χ1) is 5.81. The van der Waals surface area contributed by atoms with E-state index in [2.05, 4.69) is 15.9 Å². The van der Waals surface area contributed by atoms with Crippen molar-refractivity contribution >= 4 is 38.5 Å². The van der Waals surface area contributed by atoms with Crippen molar-refractivity contribution in [2.45, 2.75) is 5.88 Å². The monoisotopic (exact) mass is 244 g/mol. The smallest absolute Gasteiger partial charge is 0.148 e. The molecule has 0 fully saturated rings. The second-order valence-corrected chi connectivity index (χ2v) is 3.63. The van der Waals surface area contributed by atoms with Gasteiger partial charge in [0, 0.05) is 5.39 Å². The normalized spacial score (nSPS) is 10.8. The van der Waals surface area contributed by atoms with Crippen molar-refractivity contribution in [1.82, 2.24) is 0 Å². The van der Waals surface area contributed by atoms with Crippen LogP contribution < -0.4 is 0 Å². The molecule has 3 heteroatoms. The number of halogens is 2. The van der Waals surface area contributed by atoms with Crippen molar-refractivity contribution in [2.75, 3.05) is 0 Å². The van der Waals surface area contributed by atoms with E-state index in [0.717, 1.165) is 21.2 Å². The highest BCUT2D eigenvalue weighted by Gasteiger charge is 2.04. The predicted molar refractivity (Wildman–Crippen MR) is 53.5 cm³/mol. The van der Waals surface area contributed by atoms with Gasteiger partial charge in [-0.2, -0.15) is 0 Å². The van der Waals surface area contributed by atoms with Crippen LogP contribution in [0.4, 0.5) is 0 Å². The van der Waals surface area contributed by atoms with Crippen LogP contribution in [-0.4, -0.2) is 0 Å². The fraction of sp³-hybridized carbons (Fsp3) is 0.111. The summed E-state index contributed by atoms with van der Waals surface area (Å²) in [6, 6.07) is 7.87. The molecular formula is C9H6BrClO. The molecule has 0 atom stereocenters. The van der Waals surface area contributed by atoms with E-state index in [0.29, 0.717) is 5.88 Å². The van der Waals surface area contributed by atoms with Gasteiger partial charge in [-0.25, -0.2) is 0 Å². The quantitative estimate of drug-likeness (QED) is 0.694. The first kappa shape index (κ1) is 8.14. The highest BCUT2D eigenvalue weighted by atomic mass is 79.9. The molecule has 1 nitrogen and oxygen atoms in total. The fourth-order valence-corrected chi connectivity index (χ4v) is 1.74. The van der Waals surface area contributed by atoms with Crippen molar-refractivity contribution in [3.8, 4) is 0 Å². The lowest BCUT2D eigenvalue weighted by atomic mass is 10.2. The molecule has 12 heavy (non-hydrogen) atoms. The van der Waals surface area contributed by atoms with E-state index in [1.807, 2.05) is 24.3 Å². The number of furan rings is 1. The van der Waals surface area contributed by atoms with Gasteiger partial charge in [-0.05, 0) is 28.1 Å². The van der Waals surface area contributed by atoms with Crippen LogP contribution in [0.1, 0.15) is 5.76 Å². The summed E-state index contributed by atoms with van der Waals surface area (Å²) in [6.45, 7) is 0. The molecule has 2 aromatic rings.